The average Bonchev–Trinajstić information content (AvgIpc) is 2.91. The van der Waals surface area contributed by atoms with Crippen molar-refractivity contribution in [2.75, 3.05) is 15.9 Å². The Morgan fingerprint density at radius 3 is 2.32 bits per heavy atom. The molecule has 0 aliphatic heterocycles. The van der Waals surface area contributed by atoms with Gasteiger partial charge in [-0.1, -0.05) is 42.5 Å². The first-order valence-corrected chi connectivity index (χ1v) is 13.8. The standard InChI is InChI=1S/C29H28N4O4S/c1-21-7-5-9-25(17-21)33(38(2,36)37)20-22-12-14-24(15-13-22)28(34)32-27-11-4-3-10-26(27)29(35)31-19-23-8-6-16-30-18-23/h3-18H,19-20H2,1-2H3,(H,31,35)(H,32,34). The second kappa shape index (κ2) is 11.7. The van der Waals surface area contributed by atoms with Gasteiger partial charge in [0.2, 0.25) is 10.0 Å². The first-order chi connectivity index (χ1) is 18.2. The van der Waals surface area contributed by atoms with Crippen LogP contribution in [0.5, 0.6) is 0 Å². The lowest BCUT2D eigenvalue weighted by Gasteiger charge is -2.23. The number of benzene rings is 3. The highest BCUT2D eigenvalue weighted by Crippen LogP contribution is 2.22. The number of rotatable bonds is 9. The van der Waals surface area contributed by atoms with E-state index in [1.54, 1.807) is 73.1 Å². The molecule has 9 heteroatoms. The number of carbonyl (C=O) groups is 2. The van der Waals surface area contributed by atoms with Crippen molar-refractivity contribution in [3.05, 3.63) is 125 Å². The molecule has 0 aliphatic rings. The molecule has 0 radical (unpaired) electrons. The van der Waals surface area contributed by atoms with E-state index in [0.717, 1.165) is 16.7 Å². The molecule has 4 rings (SSSR count). The number of amides is 2. The van der Waals surface area contributed by atoms with Crippen LogP contribution in [0.15, 0.2) is 97.3 Å². The van der Waals surface area contributed by atoms with E-state index in [-0.39, 0.29) is 18.4 Å². The zero-order valence-corrected chi connectivity index (χ0v) is 21.9. The molecule has 1 aromatic heterocycles. The van der Waals surface area contributed by atoms with Crippen LogP contribution >= 0.6 is 0 Å². The van der Waals surface area contributed by atoms with Crippen LogP contribution in [-0.4, -0.2) is 31.5 Å². The van der Waals surface area contributed by atoms with Crippen molar-refractivity contribution >= 4 is 33.2 Å². The van der Waals surface area contributed by atoms with Gasteiger partial charge in [0.1, 0.15) is 0 Å². The Morgan fingerprint density at radius 2 is 1.63 bits per heavy atom. The Morgan fingerprint density at radius 1 is 0.868 bits per heavy atom. The molecule has 8 nitrogen and oxygen atoms in total. The molecule has 0 fully saturated rings. The highest BCUT2D eigenvalue weighted by atomic mass is 32.2. The number of anilines is 2. The van der Waals surface area contributed by atoms with E-state index < -0.39 is 10.0 Å². The first-order valence-electron chi connectivity index (χ1n) is 11.9. The maximum atomic E-state index is 13.0. The van der Waals surface area contributed by atoms with Gasteiger partial charge in [-0.25, -0.2) is 8.42 Å². The third kappa shape index (κ3) is 6.83. The van der Waals surface area contributed by atoms with Gasteiger partial charge in [-0.3, -0.25) is 18.9 Å². The maximum Gasteiger partial charge on any atom is 0.255 e. The first kappa shape index (κ1) is 26.6. The van der Waals surface area contributed by atoms with Crippen LogP contribution in [0.25, 0.3) is 0 Å². The van der Waals surface area contributed by atoms with Crippen molar-refractivity contribution in [1.82, 2.24) is 10.3 Å². The van der Waals surface area contributed by atoms with Crippen LogP contribution in [-0.2, 0) is 23.1 Å². The molecule has 0 aliphatic carbocycles. The number of carbonyl (C=O) groups excluding carboxylic acids is 2. The number of para-hydroxylation sites is 1. The number of hydrogen-bond acceptors (Lipinski definition) is 5. The summed E-state index contributed by atoms with van der Waals surface area (Å²) in [7, 11) is -3.52. The summed E-state index contributed by atoms with van der Waals surface area (Å²) in [6.45, 7) is 2.34. The molecular formula is C29H28N4O4S. The quantitative estimate of drug-likeness (QED) is 0.332. The van der Waals surface area contributed by atoms with Crippen LogP contribution in [0.2, 0.25) is 0 Å². The summed E-state index contributed by atoms with van der Waals surface area (Å²) in [5.74, 6) is -0.708. The second-order valence-electron chi connectivity index (χ2n) is 8.85. The van der Waals surface area contributed by atoms with Gasteiger partial charge in [0.25, 0.3) is 11.8 Å². The Hall–Kier alpha value is -4.50. The van der Waals surface area contributed by atoms with Gasteiger partial charge in [-0.15, -0.1) is 0 Å². The van der Waals surface area contributed by atoms with E-state index >= 15 is 0 Å². The Labute approximate surface area is 222 Å². The lowest BCUT2D eigenvalue weighted by atomic mass is 10.1. The predicted octanol–water partition coefficient (Wildman–Crippen LogP) is 4.54. The Bertz CT molecular complexity index is 1540. The van der Waals surface area contributed by atoms with E-state index in [0.29, 0.717) is 29.0 Å². The Kier molecular flexibility index (Phi) is 8.18. The normalized spacial score (nSPS) is 11.0. The molecule has 194 valence electrons. The van der Waals surface area contributed by atoms with Crippen molar-refractivity contribution in [2.24, 2.45) is 0 Å². The fourth-order valence-corrected chi connectivity index (χ4v) is 4.76. The number of nitrogens with one attached hydrogen (secondary N) is 2. The molecule has 0 spiro atoms. The van der Waals surface area contributed by atoms with Crippen LogP contribution in [0.3, 0.4) is 0 Å². The third-order valence-corrected chi connectivity index (χ3v) is 6.97. The molecule has 0 saturated heterocycles. The lowest BCUT2D eigenvalue weighted by molar-refractivity contribution is 0.0951. The zero-order chi connectivity index (χ0) is 27.1. The fraction of sp³-hybridized carbons (Fsp3) is 0.138. The summed E-state index contributed by atoms with van der Waals surface area (Å²) in [4.78, 5) is 29.8. The number of aryl methyl sites for hydroxylation is 1. The number of aromatic nitrogens is 1. The lowest BCUT2D eigenvalue weighted by Crippen LogP contribution is -2.29. The van der Waals surface area contributed by atoms with E-state index in [9.17, 15) is 18.0 Å². The molecule has 2 amide bonds. The summed E-state index contributed by atoms with van der Waals surface area (Å²) in [6, 6.07) is 24.4. The number of pyridine rings is 1. The van der Waals surface area contributed by atoms with E-state index in [1.165, 1.54) is 10.6 Å². The molecule has 2 N–H and O–H groups in total. The largest absolute Gasteiger partial charge is 0.348 e. The van der Waals surface area contributed by atoms with Crippen molar-refractivity contribution in [2.45, 2.75) is 20.0 Å². The Balaban J connectivity index is 1.45. The number of hydrogen-bond donors (Lipinski definition) is 2. The van der Waals surface area contributed by atoms with Gasteiger partial charge in [-0.05, 0) is 66.1 Å². The minimum atomic E-state index is -3.52. The summed E-state index contributed by atoms with van der Waals surface area (Å²) in [6.07, 6.45) is 4.50. The smallest absolute Gasteiger partial charge is 0.255 e. The molecular weight excluding hydrogens is 500 g/mol. The monoisotopic (exact) mass is 528 g/mol. The molecule has 4 aromatic rings. The molecule has 0 bridgehead atoms. The van der Waals surface area contributed by atoms with Crippen LogP contribution < -0.4 is 14.9 Å². The molecule has 38 heavy (non-hydrogen) atoms. The van der Waals surface area contributed by atoms with Crippen molar-refractivity contribution < 1.29 is 18.0 Å². The van der Waals surface area contributed by atoms with Gasteiger partial charge in [0.15, 0.2) is 0 Å². The van der Waals surface area contributed by atoms with E-state index in [1.807, 2.05) is 31.2 Å². The van der Waals surface area contributed by atoms with Crippen LogP contribution in [0.1, 0.15) is 37.4 Å². The predicted molar refractivity (Wildman–Crippen MR) is 148 cm³/mol. The second-order valence-corrected chi connectivity index (χ2v) is 10.8. The zero-order valence-electron chi connectivity index (χ0n) is 21.1. The van der Waals surface area contributed by atoms with Gasteiger partial charge < -0.3 is 10.6 Å². The van der Waals surface area contributed by atoms with Crippen LogP contribution in [0.4, 0.5) is 11.4 Å². The van der Waals surface area contributed by atoms with E-state index in [4.69, 9.17) is 0 Å². The van der Waals surface area contributed by atoms with Crippen molar-refractivity contribution in [3.8, 4) is 0 Å². The van der Waals surface area contributed by atoms with Crippen LogP contribution in [0, 0.1) is 6.92 Å². The van der Waals surface area contributed by atoms with Gasteiger partial charge in [0, 0.05) is 24.5 Å². The molecule has 0 saturated carbocycles. The van der Waals surface area contributed by atoms with Crippen molar-refractivity contribution in [3.63, 3.8) is 0 Å². The molecule has 3 aromatic carbocycles. The summed E-state index contributed by atoms with van der Waals surface area (Å²) in [5.41, 5.74) is 4.21. The number of nitrogens with zero attached hydrogens (tertiary/aromatic N) is 2. The highest BCUT2D eigenvalue weighted by Gasteiger charge is 2.19. The maximum absolute atomic E-state index is 13.0. The topological polar surface area (TPSA) is 108 Å². The highest BCUT2D eigenvalue weighted by molar-refractivity contribution is 7.92. The molecule has 0 atom stereocenters. The third-order valence-electron chi connectivity index (χ3n) is 5.83. The number of sulfonamides is 1. The average molecular weight is 529 g/mol. The summed E-state index contributed by atoms with van der Waals surface area (Å²) < 4.78 is 26.3. The molecule has 1 heterocycles. The van der Waals surface area contributed by atoms with Gasteiger partial charge in [-0.2, -0.15) is 0 Å². The minimum absolute atomic E-state index is 0.129. The minimum Gasteiger partial charge on any atom is -0.348 e. The molecule has 0 unspecified atom stereocenters. The SMILES string of the molecule is Cc1cccc(N(Cc2ccc(C(=O)Nc3ccccc3C(=O)NCc3cccnc3)cc2)S(C)(=O)=O)c1. The summed E-state index contributed by atoms with van der Waals surface area (Å²) >= 11 is 0. The van der Waals surface area contributed by atoms with E-state index in [2.05, 4.69) is 15.6 Å². The van der Waals surface area contributed by atoms with Gasteiger partial charge in [0.05, 0.1) is 29.7 Å². The summed E-state index contributed by atoms with van der Waals surface area (Å²) in [5, 5.41) is 5.64. The fourth-order valence-electron chi connectivity index (χ4n) is 3.88. The van der Waals surface area contributed by atoms with Crippen molar-refractivity contribution in [1.29, 1.82) is 0 Å². The van der Waals surface area contributed by atoms with Gasteiger partial charge >= 0.3 is 0 Å².